The molecule has 1 unspecified atom stereocenters. The summed E-state index contributed by atoms with van der Waals surface area (Å²) < 4.78 is 27.7. The van der Waals surface area contributed by atoms with Crippen LogP contribution in [0.3, 0.4) is 0 Å². The van der Waals surface area contributed by atoms with Crippen LogP contribution in [0.1, 0.15) is 44.0 Å². The maximum absolute atomic E-state index is 13.1. The molecule has 1 fully saturated rings. The number of anilines is 2. The van der Waals surface area contributed by atoms with Gasteiger partial charge in [-0.1, -0.05) is 32.4 Å². The molecule has 1 saturated heterocycles. The van der Waals surface area contributed by atoms with Gasteiger partial charge in [-0.05, 0) is 61.2 Å². The number of nitrogens with zero attached hydrogens (tertiary/aromatic N) is 1. The van der Waals surface area contributed by atoms with Crippen molar-refractivity contribution in [3.05, 3.63) is 53.1 Å². The third-order valence-electron chi connectivity index (χ3n) is 5.37. The third-order valence-corrected chi connectivity index (χ3v) is 7.71. The summed E-state index contributed by atoms with van der Waals surface area (Å²) in [6.07, 6.45) is 1.79. The van der Waals surface area contributed by atoms with Gasteiger partial charge >= 0.3 is 0 Å². The van der Waals surface area contributed by atoms with Crippen LogP contribution in [-0.4, -0.2) is 37.6 Å². The molecule has 1 heterocycles. The van der Waals surface area contributed by atoms with Crippen LogP contribution < -0.4 is 10.6 Å². The van der Waals surface area contributed by atoms with Crippen LogP contribution >= 0.6 is 11.6 Å². The molecule has 9 heteroatoms. The van der Waals surface area contributed by atoms with E-state index in [0.717, 1.165) is 12.8 Å². The molecule has 2 N–H and O–H groups in total. The minimum absolute atomic E-state index is 0.0623. The van der Waals surface area contributed by atoms with Crippen molar-refractivity contribution in [1.82, 2.24) is 4.31 Å². The molecule has 0 radical (unpaired) electrons. The molecular formula is C23H28ClN3O4S. The van der Waals surface area contributed by atoms with E-state index >= 15 is 0 Å². The Bertz CT molecular complexity index is 1100. The highest BCUT2D eigenvalue weighted by Crippen LogP contribution is 2.29. The zero-order valence-corrected chi connectivity index (χ0v) is 20.0. The molecule has 2 amide bonds. The van der Waals surface area contributed by atoms with Crippen LogP contribution in [0, 0.1) is 11.8 Å². The number of halogens is 1. The Morgan fingerprint density at radius 1 is 1.06 bits per heavy atom. The van der Waals surface area contributed by atoms with Crippen LogP contribution in [-0.2, 0) is 14.8 Å². The number of piperidine rings is 1. The lowest BCUT2D eigenvalue weighted by molar-refractivity contribution is -0.118. The number of amides is 2. The largest absolute Gasteiger partial charge is 0.326 e. The second-order valence-electron chi connectivity index (χ2n) is 8.43. The molecule has 0 saturated carbocycles. The fourth-order valence-corrected chi connectivity index (χ4v) is 5.57. The van der Waals surface area contributed by atoms with Crippen LogP contribution in [0.4, 0.5) is 11.4 Å². The molecule has 172 valence electrons. The molecule has 32 heavy (non-hydrogen) atoms. The van der Waals surface area contributed by atoms with Crippen molar-refractivity contribution in [2.75, 3.05) is 23.7 Å². The topological polar surface area (TPSA) is 95.6 Å². The second kappa shape index (κ2) is 10.0. The van der Waals surface area contributed by atoms with E-state index in [1.54, 1.807) is 38.1 Å². The van der Waals surface area contributed by atoms with E-state index in [0.29, 0.717) is 24.5 Å². The van der Waals surface area contributed by atoms with Gasteiger partial charge in [0, 0.05) is 35.9 Å². The van der Waals surface area contributed by atoms with E-state index < -0.39 is 15.9 Å². The Labute approximate surface area is 194 Å². The van der Waals surface area contributed by atoms with Gasteiger partial charge in [-0.25, -0.2) is 8.42 Å². The molecule has 1 aliphatic heterocycles. The number of hydrogen-bond donors (Lipinski definition) is 2. The van der Waals surface area contributed by atoms with Crippen LogP contribution in [0.15, 0.2) is 47.4 Å². The summed E-state index contributed by atoms with van der Waals surface area (Å²) in [5.41, 5.74) is 1.33. The first-order valence-electron chi connectivity index (χ1n) is 10.6. The van der Waals surface area contributed by atoms with E-state index in [9.17, 15) is 18.0 Å². The molecule has 0 bridgehead atoms. The van der Waals surface area contributed by atoms with Gasteiger partial charge in [0.2, 0.25) is 15.9 Å². The van der Waals surface area contributed by atoms with Crippen LogP contribution in [0.25, 0.3) is 0 Å². The summed E-state index contributed by atoms with van der Waals surface area (Å²) in [5, 5.41) is 5.61. The van der Waals surface area contributed by atoms with Crippen molar-refractivity contribution in [1.29, 1.82) is 0 Å². The van der Waals surface area contributed by atoms with Gasteiger partial charge in [0.05, 0.1) is 5.02 Å². The van der Waals surface area contributed by atoms with E-state index in [-0.39, 0.29) is 33.2 Å². The molecular weight excluding hydrogens is 450 g/mol. The first-order valence-corrected chi connectivity index (χ1v) is 12.4. The van der Waals surface area contributed by atoms with Crippen molar-refractivity contribution in [2.45, 2.75) is 38.5 Å². The fourth-order valence-electron chi connectivity index (χ4n) is 3.47. The van der Waals surface area contributed by atoms with Crippen molar-refractivity contribution in [2.24, 2.45) is 11.8 Å². The Morgan fingerprint density at radius 2 is 1.69 bits per heavy atom. The van der Waals surface area contributed by atoms with Crippen molar-refractivity contribution < 1.29 is 18.0 Å². The maximum Gasteiger partial charge on any atom is 0.255 e. The highest BCUT2D eigenvalue weighted by molar-refractivity contribution is 7.89. The molecule has 0 aliphatic carbocycles. The predicted molar refractivity (Wildman–Crippen MR) is 126 cm³/mol. The van der Waals surface area contributed by atoms with Gasteiger partial charge < -0.3 is 10.6 Å². The normalized spacial score (nSPS) is 17.2. The highest BCUT2D eigenvalue weighted by atomic mass is 35.5. The van der Waals surface area contributed by atoms with Gasteiger partial charge in [-0.3, -0.25) is 9.59 Å². The summed E-state index contributed by atoms with van der Waals surface area (Å²) in [5.74, 6) is -0.418. The summed E-state index contributed by atoms with van der Waals surface area (Å²) >= 11 is 6.21. The summed E-state index contributed by atoms with van der Waals surface area (Å²) in [4.78, 5) is 24.5. The van der Waals surface area contributed by atoms with E-state index in [1.165, 1.54) is 22.5 Å². The average molecular weight is 478 g/mol. The molecule has 7 nitrogen and oxygen atoms in total. The summed E-state index contributed by atoms with van der Waals surface area (Å²) in [6, 6.07) is 10.9. The SMILES string of the molecule is CC1CCCN(S(=O)(=O)c2cc(C(=O)Nc3ccc(NC(=O)C(C)C)cc3)ccc2Cl)C1. The van der Waals surface area contributed by atoms with E-state index in [1.807, 2.05) is 6.92 Å². The Balaban J connectivity index is 1.76. The van der Waals surface area contributed by atoms with Gasteiger partial charge in [0.1, 0.15) is 4.90 Å². The molecule has 3 rings (SSSR count). The fraction of sp³-hybridized carbons (Fsp3) is 0.391. The van der Waals surface area contributed by atoms with Gasteiger partial charge in [0.25, 0.3) is 5.91 Å². The van der Waals surface area contributed by atoms with Gasteiger partial charge in [0.15, 0.2) is 0 Å². The first-order chi connectivity index (χ1) is 15.1. The number of carbonyl (C=O) groups is 2. The van der Waals surface area contributed by atoms with Crippen molar-refractivity contribution in [3.63, 3.8) is 0 Å². The highest BCUT2D eigenvalue weighted by Gasteiger charge is 2.31. The number of carbonyl (C=O) groups excluding carboxylic acids is 2. The third kappa shape index (κ3) is 5.68. The zero-order valence-electron chi connectivity index (χ0n) is 18.4. The van der Waals surface area contributed by atoms with E-state index in [4.69, 9.17) is 11.6 Å². The number of benzene rings is 2. The Morgan fingerprint density at radius 3 is 2.28 bits per heavy atom. The number of rotatable bonds is 6. The lowest BCUT2D eigenvalue weighted by atomic mass is 10.0. The molecule has 0 spiro atoms. The smallest absolute Gasteiger partial charge is 0.255 e. The average Bonchev–Trinajstić information content (AvgIpc) is 2.75. The monoisotopic (exact) mass is 477 g/mol. The van der Waals surface area contributed by atoms with Crippen LogP contribution in [0.5, 0.6) is 0 Å². The second-order valence-corrected chi connectivity index (χ2v) is 10.7. The van der Waals surface area contributed by atoms with E-state index in [2.05, 4.69) is 10.6 Å². The predicted octanol–water partition coefficient (Wildman–Crippen LogP) is 4.61. The van der Waals surface area contributed by atoms with Crippen LogP contribution in [0.2, 0.25) is 5.02 Å². The minimum Gasteiger partial charge on any atom is -0.326 e. The summed E-state index contributed by atoms with van der Waals surface area (Å²) in [7, 11) is -3.80. The van der Waals surface area contributed by atoms with Gasteiger partial charge in [-0.15, -0.1) is 0 Å². The molecule has 1 aliphatic rings. The minimum atomic E-state index is -3.80. The number of sulfonamides is 1. The van der Waals surface area contributed by atoms with Crippen molar-refractivity contribution in [3.8, 4) is 0 Å². The standard InChI is InChI=1S/C23H28ClN3O4S/c1-15(2)22(28)25-18-7-9-19(10-8-18)26-23(29)17-6-11-20(24)21(13-17)32(30,31)27-12-4-5-16(3)14-27/h6-11,13,15-16H,4-5,12,14H2,1-3H3,(H,25,28)(H,26,29). The Hall–Kier alpha value is -2.42. The zero-order chi connectivity index (χ0) is 23.5. The van der Waals surface area contributed by atoms with Gasteiger partial charge in [-0.2, -0.15) is 4.31 Å². The quantitative estimate of drug-likeness (QED) is 0.635. The lowest BCUT2D eigenvalue weighted by Crippen LogP contribution is -2.39. The lowest BCUT2D eigenvalue weighted by Gasteiger charge is -2.30. The molecule has 0 aromatic heterocycles. The molecule has 2 aromatic carbocycles. The number of nitrogens with one attached hydrogen (secondary N) is 2. The first kappa shape index (κ1) is 24.2. The Kier molecular flexibility index (Phi) is 7.59. The molecule has 2 aromatic rings. The summed E-state index contributed by atoms with van der Waals surface area (Å²) in [6.45, 7) is 6.51. The maximum atomic E-state index is 13.1. The van der Waals surface area contributed by atoms with Crippen molar-refractivity contribution >= 4 is 44.8 Å². The molecule has 1 atom stereocenters. The number of hydrogen-bond acceptors (Lipinski definition) is 4.